The molecule has 5 aromatic carbocycles. The number of fused-ring (bicyclic) bond motifs is 6. The molecule has 0 amide bonds. The molecule has 0 radical (unpaired) electrons. The molecule has 216 valence electrons. The largest absolute Gasteiger partial charge is 0.457 e. The zero-order valence-electron chi connectivity index (χ0n) is 24.6. The second-order valence-electron chi connectivity index (χ2n) is 11.5. The van der Waals surface area contributed by atoms with Gasteiger partial charge in [0.05, 0.1) is 17.7 Å². The van der Waals surface area contributed by atoms with Crippen LogP contribution in [0.3, 0.4) is 0 Å². The van der Waals surface area contributed by atoms with Crippen LogP contribution in [0.1, 0.15) is 5.56 Å². The third-order valence-corrected chi connectivity index (χ3v) is 8.58. The topological polar surface area (TPSA) is 46.7 Å². The van der Waals surface area contributed by atoms with Gasteiger partial charge in [-0.3, -0.25) is 4.57 Å². The van der Waals surface area contributed by atoms with E-state index in [9.17, 15) is 0 Å². The maximum atomic E-state index is 6.49. The van der Waals surface area contributed by atoms with Crippen molar-refractivity contribution in [2.75, 3.05) is 16.5 Å². The number of ether oxygens (including phenoxy) is 1. The van der Waals surface area contributed by atoms with Crippen molar-refractivity contribution < 1.29 is 9.15 Å². The van der Waals surface area contributed by atoms with Crippen molar-refractivity contribution in [2.45, 2.75) is 6.92 Å². The lowest BCUT2D eigenvalue weighted by Crippen LogP contribution is -2.24. The summed E-state index contributed by atoms with van der Waals surface area (Å²) in [5, 5.41) is 4.40. The second-order valence-corrected chi connectivity index (χ2v) is 11.5. The number of pyridine rings is 1. The van der Waals surface area contributed by atoms with E-state index in [1.54, 1.807) is 0 Å². The third kappa shape index (κ3) is 4.30. The molecule has 0 fully saturated rings. The minimum atomic E-state index is 0.738. The Morgan fingerprint density at radius 3 is 2.29 bits per heavy atom. The molecular weight excluding hydrogens is 556 g/mol. The van der Waals surface area contributed by atoms with E-state index < -0.39 is 0 Å². The number of hydrogen-bond acceptors (Lipinski definition) is 5. The maximum absolute atomic E-state index is 6.49. The van der Waals surface area contributed by atoms with Gasteiger partial charge in [-0.2, -0.15) is 0 Å². The fraction of sp³-hybridized carbons (Fsp3) is 0.0513. The average molecular weight is 585 g/mol. The number of hydrogen-bond donors (Lipinski definition) is 0. The van der Waals surface area contributed by atoms with Crippen molar-refractivity contribution in [3.05, 3.63) is 145 Å². The standard InChI is InChI=1S/C39H28N4O2/c1-26-14-17-37-33(20-26)34-24-40-39(23-38(34)45-37)43-35-13-6-5-12-31(35)32-16-15-30(22-36(32)43)44-29-11-7-10-28(21-29)42-19-18-41(25-42)27-8-3-2-4-9-27/h2-24H,25H2,1H3. The Labute approximate surface area is 259 Å². The van der Waals surface area contributed by atoms with E-state index in [2.05, 4.69) is 119 Å². The van der Waals surface area contributed by atoms with Crippen molar-refractivity contribution >= 4 is 55.1 Å². The smallest absolute Gasteiger partial charge is 0.141 e. The molecule has 0 saturated carbocycles. The summed E-state index contributed by atoms with van der Waals surface area (Å²) in [4.78, 5) is 9.38. The normalized spacial score (nSPS) is 13.2. The molecule has 6 nitrogen and oxygen atoms in total. The lowest BCUT2D eigenvalue weighted by molar-refractivity contribution is 0.483. The molecule has 0 spiro atoms. The van der Waals surface area contributed by atoms with Crippen molar-refractivity contribution in [3.63, 3.8) is 0 Å². The highest BCUT2D eigenvalue weighted by Gasteiger charge is 2.18. The number of anilines is 2. The fourth-order valence-electron chi connectivity index (χ4n) is 6.39. The van der Waals surface area contributed by atoms with Gasteiger partial charge in [0.1, 0.15) is 28.5 Å². The van der Waals surface area contributed by atoms with Gasteiger partial charge in [-0.1, -0.05) is 54.1 Å². The monoisotopic (exact) mass is 584 g/mol. The third-order valence-electron chi connectivity index (χ3n) is 8.58. The van der Waals surface area contributed by atoms with Crippen molar-refractivity contribution in [3.8, 4) is 17.3 Å². The SMILES string of the molecule is Cc1ccc2oc3cc(-n4c5ccccc5c5ccc(Oc6cccc(N7C=CN(c8ccccc8)C7)c6)cc54)ncc3c2c1. The number of furan rings is 1. The average Bonchev–Trinajstić information content (AvgIpc) is 3.79. The lowest BCUT2D eigenvalue weighted by atomic mass is 10.1. The summed E-state index contributed by atoms with van der Waals surface area (Å²) in [6.45, 7) is 2.83. The molecule has 0 saturated heterocycles. The summed E-state index contributed by atoms with van der Waals surface area (Å²) in [6, 6.07) is 41.6. The van der Waals surface area contributed by atoms with Gasteiger partial charge in [0.25, 0.3) is 0 Å². The Kier molecular flexibility index (Phi) is 5.68. The molecule has 0 N–H and O–H groups in total. The summed E-state index contributed by atoms with van der Waals surface area (Å²) in [7, 11) is 0. The molecule has 6 heteroatoms. The van der Waals surface area contributed by atoms with Crippen molar-refractivity contribution in [1.82, 2.24) is 9.55 Å². The van der Waals surface area contributed by atoms with Crippen LogP contribution >= 0.6 is 0 Å². The predicted molar refractivity (Wildman–Crippen MR) is 183 cm³/mol. The van der Waals surface area contributed by atoms with Gasteiger partial charge in [0.2, 0.25) is 0 Å². The maximum Gasteiger partial charge on any atom is 0.141 e. The summed E-state index contributed by atoms with van der Waals surface area (Å²) in [5.41, 5.74) is 7.21. The zero-order valence-corrected chi connectivity index (χ0v) is 24.6. The molecule has 9 rings (SSSR count). The molecule has 45 heavy (non-hydrogen) atoms. The first-order chi connectivity index (χ1) is 22.2. The second kappa shape index (κ2) is 10.0. The number of nitrogens with zero attached hydrogens (tertiary/aromatic N) is 4. The number of benzene rings is 5. The first-order valence-electron chi connectivity index (χ1n) is 15.1. The van der Waals surface area contributed by atoms with Gasteiger partial charge < -0.3 is 19.0 Å². The first-order valence-corrected chi connectivity index (χ1v) is 15.1. The number of rotatable bonds is 5. The highest BCUT2D eigenvalue weighted by molar-refractivity contribution is 6.10. The van der Waals surface area contributed by atoms with Crippen molar-refractivity contribution in [2.24, 2.45) is 0 Å². The molecule has 1 aliphatic heterocycles. The number of para-hydroxylation sites is 2. The van der Waals surface area contributed by atoms with Crippen LogP contribution in [0.15, 0.2) is 144 Å². The molecule has 3 aromatic heterocycles. The van der Waals surface area contributed by atoms with Gasteiger partial charge in [-0.15, -0.1) is 0 Å². The predicted octanol–water partition coefficient (Wildman–Crippen LogP) is 9.93. The Morgan fingerprint density at radius 1 is 0.600 bits per heavy atom. The minimum absolute atomic E-state index is 0.738. The van der Waals surface area contributed by atoms with E-state index in [4.69, 9.17) is 14.1 Å². The Balaban J connectivity index is 1.08. The quantitative estimate of drug-likeness (QED) is 0.201. The number of aryl methyl sites for hydroxylation is 1. The molecule has 0 unspecified atom stereocenters. The van der Waals surface area contributed by atoms with Gasteiger partial charge in [0, 0.05) is 69.7 Å². The molecular formula is C39H28N4O2. The van der Waals surface area contributed by atoms with Crippen LogP contribution in [0.5, 0.6) is 11.5 Å². The van der Waals surface area contributed by atoms with Crippen LogP contribution in [-0.2, 0) is 0 Å². The molecule has 0 aliphatic carbocycles. The van der Waals surface area contributed by atoms with Gasteiger partial charge >= 0.3 is 0 Å². The fourth-order valence-corrected chi connectivity index (χ4v) is 6.39. The van der Waals surface area contributed by atoms with Crippen LogP contribution in [-0.4, -0.2) is 16.2 Å². The summed E-state index contributed by atoms with van der Waals surface area (Å²) in [6.07, 6.45) is 6.13. The molecule has 0 bridgehead atoms. The highest BCUT2D eigenvalue weighted by Crippen LogP contribution is 2.37. The van der Waals surface area contributed by atoms with E-state index in [-0.39, 0.29) is 0 Å². The van der Waals surface area contributed by atoms with Gasteiger partial charge in [0.15, 0.2) is 0 Å². The summed E-state index contributed by atoms with van der Waals surface area (Å²) in [5.74, 6) is 2.33. The van der Waals surface area contributed by atoms with E-state index in [1.807, 2.05) is 42.6 Å². The molecule has 0 atom stereocenters. The van der Waals surface area contributed by atoms with Crippen LogP contribution in [0.4, 0.5) is 11.4 Å². The summed E-state index contributed by atoms with van der Waals surface area (Å²) >= 11 is 0. The lowest BCUT2D eigenvalue weighted by Gasteiger charge is -2.22. The van der Waals surface area contributed by atoms with Crippen LogP contribution < -0.4 is 14.5 Å². The van der Waals surface area contributed by atoms with Crippen LogP contribution in [0.2, 0.25) is 0 Å². The van der Waals surface area contributed by atoms with Crippen molar-refractivity contribution in [1.29, 1.82) is 0 Å². The minimum Gasteiger partial charge on any atom is -0.457 e. The van der Waals surface area contributed by atoms with E-state index in [0.29, 0.717) is 0 Å². The van der Waals surface area contributed by atoms with Crippen LogP contribution in [0, 0.1) is 6.92 Å². The molecule has 4 heterocycles. The number of aromatic nitrogens is 2. The van der Waals surface area contributed by atoms with Crippen LogP contribution in [0.25, 0.3) is 49.6 Å². The zero-order chi connectivity index (χ0) is 29.9. The Hall–Kier alpha value is -6.01. The first kappa shape index (κ1) is 25.5. The molecule has 8 aromatic rings. The van der Waals surface area contributed by atoms with E-state index >= 15 is 0 Å². The highest BCUT2D eigenvalue weighted by atomic mass is 16.5. The Bertz CT molecular complexity index is 2420. The van der Waals surface area contributed by atoms with Gasteiger partial charge in [-0.25, -0.2) is 4.98 Å². The van der Waals surface area contributed by atoms with E-state index in [1.165, 1.54) is 5.56 Å². The molecule has 1 aliphatic rings. The van der Waals surface area contributed by atoms with E-state index in [0.717, 1.165) is 79.1 Å². The Morgan fingerprint density at radius 2 is 1.38 bits per heavy atom. The summed E-state index contributed by atoms with van der Waals surface area (Å²) < 4.78 is 15.0. The van der Waals surface area contributed by atoms with Gasteiger partial charge in [-0.05, 0) is 61.5 Å².